The second-order valence-electron chi connectivity index (χ2n) is 4.78. The minimum absolute atomic E-state index is 0.135. The minimum Gasteiger partial charge on any atom is -0.299 e. The van der Waals surface area contributed by atoms with Gasteiger partial charge in [-0.15, -0.1) is 0 Å². The van der Waals surface area contributed by atoms with Crippen LogP contribution >= 0.6 is 0 Å². The first kappa shape index (κ1) is 14.5. The van der Waals surface area contributed by atoms with Crippen molar-refractivity contribution in [2.45, 2.75) is 47.2 Å². The predicted molar refractivity (Wildman–Crippen MR) is 53.5 cm³/mol. The largest absolute Gasteiger partial charge is 0.401 e. The molecule has 0 heterocycles. The maximum absolute atomic E-state index is 13.0. The molecule has 4 heteroatoms. The fraction of sp³-hybridized carbons (Fsp3) is 0.909. The van der Waals surface area contributed by atoms with Gasteiger partial charge in [0.15, 0.2) is 0 Å². The highest BCUT2D eigenvalue weighted by Gasteiger charge is 2.59. The third-order valence-electron chi connectivity index (χ3n) is 2.85. The normalized spacial score (nSPS) is 16.9. The van der Waals surface area contributed by atoms with Gasteiger partial charge in [-0.25, -0.2) is 0 Å². The van der Waals surface area contributed by atoms with E-state index in [0.29, 0.717) is 0 Å². The summed E-state index contributed by atoms with van der Waals surface area (Å²) in [5.41, 5.74) is -2.18. The molecule has 0 N–H and O–H groups in total. The van der Waals surface area contributed by atoms with Gasteiger partial charge in [-0.2, -0.15) is 13.2 Å². The summed E-state index contributed by atoms with van der Waals surface area (Å²) < 4.78 is 39.0. The summed E-state index contributed by atoms with van der Waals surface area (Å²) in [6.07, 6.45) is -4.60. The molecule has 0 spiro atoms. The van der Waals surface area contributed by atoms with E-state index in [4.69, 9.17) is 0 Å². The number of hydrogen-bond acceptors (Lipinski definition) is 1. The fourth-order valence-corrected chi connectivity index (χ4v) is 2.07. The second kappa shape index (κ2) is 4.54. The predicted octanol–water partition coefficient (Wildman–Crippen LogP) is 3.83. The van der Waals surface area contributed by atoms with Crippen LogP contribution in [0.5, 0.6) is 0 Å². The third kappa shape index (κ3) is 2.73. The van der Waals surface area contributed by atoms with Crippen LogP contribution in [0.2, 0.25) is 0 Å². The van der Waals surface area contributed by atoms with E-state index in [1.165, 1.54) is 13.8 Å². The molecule has 0 saturated heterocycles. The lowest BCUT2D eigenvalue weighted by atomic mass is 9.68. The molecule has 0 aromatic rings. The van der Waals surface area contributed by atoms with Crippen LogP contribution in [-0.2, 0) is 4.79 Å². The van der Waals surface area contributed by atoms with Crippen LogP contribution in [0.3, 0.4) is 0 Å². The lowest BCUT2D eigenvalue weighted by molar-refractivity contribution is -0.236. The molecule has 0 aromatic carbocycles. The van der Waals surface area contributed by atoms with Crippen LogP contribution in [0, 0.1) is 17.3 Å². The molecule has 0 aromatic heterocycles. The van der Waals surface area contributed by atoms with E-state index in [-0.39, 0.29) is 12.3 Å². The Bertz CT molecular complexity index is 230. The Morgan fingerprint density at radius 2 is 1.53 bits per heavy atom. The molecule has 0 aliphatic rings. The summed E-state index contributed by atoms with van der Waals surface area (Å²) in [5, 5.41) is 0. The molecular weight excluding hydrogens is 205 g/mol. The number of halogens is 3. The molecule has 1 nitrogen and oxygen atoms in total. The molecule has 90 valence electrons. The zero-order valence-corrected chi connectivity index (χ0v) is 9.90. The van der Waals surface area contributed by atoms with Gasteiger partial charge in [-0.05, 0) is 25.2 Å². The molecule has 1 atom stereocenters. The molecule has 0 radical (unpaired) electrons. The van der Waals surface area contributed by atoms with Crippen molar-refractivity contribution in [2.24, 2.45) is 17.3 Å². The van der Waals surface area contributed by atoms with E-state index in [9.17, 15) is 18.0 Å². The van der Waals surface area contributed by atoms with Crippen LogP contribution in [0.1, 0.15) is 41.0 Å². The van der Waals surface area contributed by atoms with Crippen LogP contribution in [0.25, 0.3) is 0 Å². The van der Waals surface area contributed by atoms with Gasteiger partial charge < -0.3 is 0 Å². The lowest BCUT2D eigenvalue weighted by Crippen LogP contribution is -2.49. The molecular formula is C11H19F3O. The highest BCUT2D eigenvalue weighted by molar-refractivity contribution is 5.83. The summed E-state index contributed by atoms with van der Waals surface area (Å²) >= 11 is 0. The average molecular weight is 224 g/mol. The van der Waals surface area contributed by atoms with E-state index >= 15 is 0 Å². The van der Waals surface area contributed by atoms with Crippen molar-refractivity contribution < 1.29 is 18.0 Å². The first-order valence-corrected chi connectivity index (χ1v) is 5.13. The SMILES string of the molecule is CC(=O)C(CC(C)C)(C(C)C)C(F)(F)F. The molecule has 0 fully saturated rings. The van der Waals surface area contributed by atoms with Gasteiger partial charge in [0, 0.05) is 0 Å². The third-order valence-corrected chi connectivity index (χ3v) is 2.85. The summed E-state index contributed by atoms with van der Waals surface area (Å²) in [6, 6.07) is 0. The van der Waals surface area contributed by atoms with Crippen molar-refractivity contribution in [3.05, 3.63) is 0 Å². The van der Waals surface area contributed by atoms with Gasteiger partial charge in [-0.1, -0.05) is 27.7 Å². The molecule has 0 aliphatic heterocycles. The van der Waals surface area contributed by atoms with Crippen molar-refractivity contribution in [3.8, 4) is 0 Å². The van der Waals surface area contributed by atoms with Crippen molar-refractivity contribution >= 4 is 5.78 Å². The van der Waals surface area contributed by atoms with Crippen molar-refractivity contribution in [1.29, 1.82) is 0 Å². The topological polar surface area (TPSA) is 17.1 Å². The zero-order chi connectivity index (χ0) is 12.4. The number of carbonyl (C=O) groups excluding carboxylic acids is 1. The second-order valence-corrected chi connectivity index (χ2v) is 4.78. The van der Waals surface area contributed by atoms with Crippen molar-refractivity contribution in [3.63, 3.8) is 0 Å². The van der Waals surface area contributed by atoms with Gasteiger partial charge in [0.05, 0.1) is 0 Å². The molecule has 0 rings (SSSR count). The smallest absolute Gasteiger partial charge is 0.299 e. The van der Waals surface area contributed by atoms with Crippen LogP contribution in [0.4, 0.5) is 13.2 Å². The number of rotatable bonds is 4. The van der Waals surface area contributed by atoms with Gasteiger partial charge in [0.1, 0.15) is 11.2 Å². The molecule has 0 bridgehead atoms. The molecule has 0 aliphatic carbocycles. The lowest BCUT2D eigenvalue weighted by Gasteiger charge is -2.38. The van der Waals surface area contributed by atoms with Gasteiger partial charge in [0.2, 0.25) is 0 Å². The Labute approximate surface area is 89.0 Å². The zero-order valence-electron chi connectivity index (χ0n) is 9.90. The first-order valence-electron chi connectivity index (χ1n) is 5.13. The van der Waals surface area contributed by atoms with Gasteiger partial charge in [-0.3, -0.25) is 4.79 Å². The quantitative estimate of drug-likeness (QED) is 0.709. The average Bonchev–Trinajstić information content (AvgIpc) is 1.95. The van der Waals surface area contributed by atoms with E-state index < -0.39 is 23.3 Å². The molecule has 15 heavy (non-hydrogen) atoms. The number of Topliss-reactive ketones (excluding diaryl/α,β-unsaturated/α-hetero) is 1. The number of carbonyl (C=O) groups is 1. The molecule has 0 amide bonds. The van der Waals surface area contributed by atoms with Crippen molar-refractivity contribution in [2.75, 3.05) is 0 Å². The van der Waals surface area contributed by atoms with Crippen molar-refractivity contribution in [1.82, 2.24) is 0 Å². The van der Waals surface area contributed by atoms with E-state index in [1.807, 2.05) is 0 Å². The van der Waals surface area contributed by atoms with Crippen LogP contribution < -0.4 is 0 Å². The highest BCUT2D eigenvalue weighted by atomic mass is 19.4. The number of hydrogen-bond donors (Lipinski definition) is 0. The van der Waals surface area contributed by atoms with E-state index in [2.05, 4.69) is 0 Å². The van der Waals surface area contributed by atoms with E-state index in [0.717, 1.165) is 6.92 Å². The summed E-state index contributed by atoms with van der Waals surface area (Å²) in [5.74, 6) is -1.66. The summed E-state index contributed by atoms with van der Waals surface area (Å²) in [7, 11) is 0. The standard InChI is InChI=1S/C11H19F3O/c1-7(2)6-10(8(3)4,9(5)15)11(12,13)14/h7-8H,6H2,1-5H3. The maximum Gasteiger partial charge on any atom is 0.401 e. The number of alkyl halides is 3. The summed E-state index contributed by atoms with van der Waals surface area (Å²) in [6.45, 7) is 7.35. The van der Waals surface area contributed by atoms with Crippen LogP contribution in [-0.4, -0.2) is 12.0 Å². The monoisotopic (exact) mass is 224 g/mol. The molecule has 0 saturated carbocycles. The Balaban J connectivity index is 5.39. The Hall–Kier alpha value is -0.540. The number of ketones is 1. The minimum atomic E-state index is -4.46. The van der Waals surface area contributed by atoms with Crippen LogP contribution in [0.15, 0.2) is 0 Å². The van der Waals surface area contributed by atoms with Gasteiger partial charge >= 0.3 is 6.18 Å². The van der Waals surface area contributed by atoms with E-state index in [1.54, 1.807) is 13.8 Å². The highest BCUT2D eigenvalue weighted by Crippen LogP contribution is 2.49. The molecule has 1 unspecified atom stereocenters. The summed E-state index contributed by atoms with van der Waals surface area (Å²) in [4.78, 5) is 11.4. The Kier molecular flexibility index (Phi) is 4.37. The maximum atomic E-state index is 13.0. The fourth-order valence-electron chi connectivity index (χ4n) is 2.07. The van der Waals surface area contributed by atoms with Gasteiger partial charge in [0.25, 0.3) is 0 Å². The Morgan fingerprint density at radius 1 is 1.13 bits per heavy atom. The Morgan fingerprint density at radius 3 is 1.60 bits per heavy atom. The first-order chi connectivity index (χ1) is 6.55.